The number of rotatable bonds is 2. The van der Waals surface area contributed by atoms with Crippen LogP contribution in [0.15, 0.2) is 36.4 Å². The minimum atomic E-state index is -0.331. The summed E-state index contributed by atoms with van der Waals surface area (Å²) in [6.45, 7) is 1.96. The first-order valence-corrected chi connectivity index (χ1v) is 8.49. The average molecular weight is 354 g/mol. The zero-order chi connectivity index (χ0) is 19.0. The largest absolute Gasteiger partial charge is 0.508 e. The molecule has 0 fully saturated rings. The lowest BCUT2D eigenvalue weighted by Gasteiger charge is -2.35. The number of anilines is 1. The van der Waals surface area contributed by atoms with E-state index < -0.39 is 0 Å². The molecular weight excluding hydrogens is 332 g/mol. The smallest absolute Gasteiger partial charge is 0.262 e. The topological polar surface area (TPSA) is 81.1 Å². The van der Waals surface area contributed by atoms with Gasteiger partial charge in [-0.3, -0.25) is 9.59 Å². The van der Waals surface area contributed by atoms with Crippen LogP contribution in [0.1, 0.15) is 39.6 Å². The van der Waals surface area contributed by atoms with Gasteiger partial charge in [0.2, 0.25) is 0 Å². The van der Waals surface area contributed by atoms with Crippen LogP contribution < -0.4 is 4.90 Å². The normalized spacial score (nSPS) is 16.1. The third-order valence-electron chi connectivity index (χ3n) is 4.69. The van der Waals surface area contributed by atoms with E-state index in [2.05, 4.69) is 0 Å². The molecule has 3 rings (SSSR count). The fourth-order valence-corrected chi connectivity index (χ4v) is 3.28. The Bertz CT molecular complexity index is 876. The van der Waals surface area contributed by atoms with E-state index in [1.165, 1.54) is 17.0 Å². The fraction of sp³-hybridized carbons (Fsp3) is 0.300. The van der Waals surface area contributed by atoms with E-state index in [0.29, 0.717) is 5.56 Å². The van der Waals surface area contributed by atoms with E-state index in [1.807, 2.05) is 13.0 Å². The van der Waals surface area contributed by atoms with Crippen molar-refractivity contribution >= 4 is 17.5 Å². The molecule has 0 bridgehead atoms. The maximum absolute atomic E-state index is 13.0. The summed E-state index contributed by atoms with van der Waals surface area (Å²) in [5, 5.41) is 19.5. The van der Waals surface area contributed by atoms with E-state index in [4.69, 9.17) is 0 Å². The Labute approximate surface area is 152 Å². The van der Waals surface area contributed by atoms with E-state index in [0.717, 1.165) is 30.2 Å². The molecule has 0 spiro atoms. The lowest BCUT2D eigenvalue weighted by molar-refractivity contribution is 0.0827. The fourth-order valence-electron chi connectivity index (χ4n) is 3.28. The average Bonchev–Trinajstić information content (AvgIpc) is 2.60. The van der Waals surface area contributed by atoms with Crippen molar-refractivity contribution in [2.75, 3.05) is 19.0 Å². The molecule has 26 heavy (non-hydrogen) atoms. The van der Waals surface area contributed by atoms with Crippen LogP contribution in [0.25, 0.3) is 0 Å². The van der Waals surface area contributed by atoms with Gasteiger partial charge in [0.05, 0.1) is 5.56 Å². The van der Waals surface area contributed by atoms with Gasteiger partial charge >= 0.3 is 0 Å². The van der Waals surface area contributed by atoms with Crippen molar-refractivity contribution in [1.82, 2.24) is 4.90 Å². The van der Waals surface area contributed by atoms with E-state index in [1.54, 1.807) is 31.1 Å². The van der Waals surface area contributed by atoms with Crippen LogP contribution in [0.2, 0.25) is 0 Å². The van der Waals surface area contributed by atoms with Crippen molar-refractivity contribution < 1.29 is 19.8 Å². The number of carbonyl (C=O) groups excluding carboxylic acids is 2. The highest BCUT2D eigenvalue weighted by atomic mass is 16.3. The van der Waals surface area contributed by atoms with Crippen LogP contribution in [0.5, 0.6) is 11.5 Å². The molecule has 2 N–H and O–H groups in total. The van der Waals surface area contributed by atoms with Gasteiger partial charge in [-0.25, -0.2) is 0 Å². The monoisotopic (exact) mass is 354 g/mol. The Kier molecular flexibility index (Phi) is 4.59. The first-order valence-electron chi connectivity index (χ1n) is 8.49. The summed E-state index contributed by atoms with van der Waals surface area (Å²) in [6.07, 6.45) is 1.54. The molecule has 0 radical (unpaired) electrons. The third-order valence-corrected chi connectivity index (χ3v) is 4.69. The first-order chi connectivity index (χ1) is 12.3. The lowest BCUT2D eigenvalue weighted by atomic mass is 9.93. The molecule has 0 saturated carbocycles. The van der Waals surface area contributed by atoms with E-state index in [9.17, 15) is 19.8 Å². The second kappa shape index (κ2) is 6.71. The molecule has 0 aromatic heterocycles. The molecule has 6 heteroatoms. The molecule has 1 aliphatic rings. The standard InChI is InChI=1S/C20H22N2O4/c1-12-4-5-13-10-14(19(25)21(2)3)6-9-17(13)22(12)20(26)16-8-7-15(23)11-18(16)24/h6-12,23-24H,4-5H2,1-3H3. The Balaban J connectivity index is 2.01. The van der Waals surface area contributed by atoms with Crippen LogP contribution in [-0.4, -0.2) is 47.1 Å². The predicted octanol–water partition coefficient (Wildman–Crippen LogP) is 2.78. The Morgan fingerprint density at radius 3 is 2.50 bits per heavy atom. The molecule has 1 unspecified atom stereocenters. The number of aryl methyl sites for hydroxylation is 1. The second-order valence-corrected chi connectivity index (χ2v) is 6.81. The number of carbonyl (C=O) groups is 2. The molecule has 2 aromatic rings. The summed E-state index contributed by atoms with van der Waals surface area (Å²) in [6, 6.07) is 9.24. The van der Waals surface area contributed by atoms with Gasteiger partial charge in [0.1, 0.15) is 11.5 Å². The van der Waals surface area contributed by atoms with E-state index >= 15 is 0 Å². The number of fused-ring (bicyclic) bond motifs is 1. The Morgan fingerprint density at radius 2 is 1.85 bits per heavy atom. The predicted molar refractivity (Wildman–Crippen MR) is 98.8 cm³/mol. The zero-order valence-electron chi connectivity index (χ0n) is 15.1. The minimum Gasteiger partial charge on any atom is -0.508 e. The zero-order valence-corrected chi connectivity index (χ0v) is 15.1. The molecule has 6 nitrogen and oxygen atoms in total. The van der Waals surface area contributed by atoms with Crippen LogP contribution in [-0.2, 0) is 6.42 Å². The highest BCUT2D eigenvalue weighted by Gasteiger charge is 2.31. The minimum absolute atomic E-state index is 0.0430. The Hall–Kier alpha value is -3.02. The number of phenols is 2. The molecule has 1 aliphatic heterocycles. The summed E-state index contributed by atoms with van der Waals surface area (Å²) in [7, 11) is 3.40. The van der Waals surface area contributed by atoms with Gasteiger partial charge in [-0.1, -0.05) is 0 Å². The van der Waals surface area contributed by atoms with Crippen molar-refractivity contribution in [3.63, 3.8) is 0 Å². The van der Waals surface area contributed by atoms with Crippen molar-refractivity contribution in [3.05, 3.63) is 53.1 Å². The quantitative estimate of drug-likeness (QED) is 0.869. The highest BCUT2D eigenvalue weighted by molar-refractivity contribution is 6.09. The summed E-state index contributed by atoms with van der Waals surface area (Å²) < 4.78 is 0. The van der Waals surface area contributed by atoms with Crippen molar-refractivity contribution in [3.8, 4) is 11.5 Å². The van der Waals surface area contributed by atoms with Crippen LogP contribution in [0, 0.1) is 0 Å². The number of phenolic OH excluding ortho intramolecular Hbond substituents is 2. The van der Waals surface area contributed by atoms with Gasteiger partial charge in [0.15, 0.2) is 0 Å². The van der Waals surface area contributed by atoms with E-state index in [-0.39, 0.29) is 34.9 Å². The Morgan fingerprint density at radius 1 is 1.12 bits per heavy atom. The molecule has 136 valence electrons. The van der Waals surface area contributed by atoms with Crippen LogP contribution >= 0.6 is 0 Å². The molecule has 1 heterocycles. The summed E-state index contributed by atoms with van der Waals surface area (Å²) in [4.78, 5) is 28.4. The first kappa shape index (κ1) is 17.8. The molecule has 0 aliphatic carbocycles. The molecular formula is C20H22N2O4. The van der Waals surface area contributed by atoms with Crippen LogP contribution in [0.3, 0.4) is 0 Å². The van der Waals surface area contributed by atoms with Gasteiger partial charge in [-0.15, -0.1) is 0 Å². The summed E-state index contributed by atoms with van der Waals surface area (Å²) in [5.41, 5.74) is 2.40. The lowest BCUT2D eigenvalue weighted by Crippen LogP contribution is -2.42. The van der Waals surface area contributed by atoms with Gasteiger partial charge in [0, 0.05) is 37.5 Å². The molecule has 2 amide bonds. The van der Waals surface area contributed by atoms with Crippen molar-refractivity contribution in [2.24, 2.45) is 0 Å². The number of amides is 2. The highest BCUT2D eigenvalue weighted by Crippen LogP contribution is 2.34. The van der Waals surface area contributed by atoms with Gasteiger partial charge in [-0.05, 0) is 55.7 Å². The van der Waals surface area contributed by atoms with Crippen molar-refractivity contribution in [1.29, 1.82) is 0 Å². The number of benzene rings is 2. The van der Waals surface area contributed by atoms with Crippen LogP contribution in [0.4, 0.5) is 5.69 Å². The van der Waals surface area contributed by atoms with Gasteiger partial charge in [0.25, 0.3) is 11.8 Å². The van der Waals surface area contributed by atoms with Gasteiger partial charge in [-0.2, -0.15) is 0 Å². The SMILES string of the molecule is CC1CCc2cc(C(=O)N(C)C)ccc2N1C(=O)c1ccc(O)cc1O. The maximum atomic E-state index is 13.0. The number of hydrogen-bond donors (Lipinski definition) is 2. The molecule has 0 saturated heterocycles. The number of hydrogen-bond acceptors (Lipinski definition) is 4. The summed E-state index contributed by atoms with van der Waals surface area (Å²) >= 11 is 0. The second-order valence-electron chi connectivity index (χ2n) is 6.81. The maximum Gasteiger partial charge on any atom is 0.262 e. The number of aromatic hydroxyl groups is 2. The van der Waals surface area contributed by atoms with Gasteiger partial charge < -0.3 is 20.0 Å². The number of nitrogens with zero attached hydrogens (tertiary/aromatic N) is 2. The van der Waals surface area contributed by atoms with Crippen molar-refractivity contribution in [2.45, 2.75) is 25.8 Å². The summed E-state index contributed by atoms with van der Waals surface area (Å²) in [5.74, 6) is -0.769. The molecule has 1 atom stereocenters. The third kappa shape index (κ3) is 3.10. The molecule has 2 aromatic carbocycles.